The van der Waals surface area contributed by atoms with Crippen LogP contribution in [0, 0.1) is 0 Å². The van der Waals surface area contributed by atoms with Gasteiger partial charge in [-0.2, -0.15) is 5.10 Å². The Balaban J connectivity index is 1.92. The van der Waals surface area contributed by atoms with Gasteiger partial charge < -0.3 is 10.1 Å². The highest BCUT2D eigenvalue weighted by Gasteiger charge is 2.12. The zero-order chi connectivity index (χ0) is 14.8. The van der Waals surface area contributed by atoms with Gasteiger partial charge in [0, 0.05) is 18.3 Å². The van der Waals surface area contributed by atoms with Gasteiger partial charge in [0.05, 0.1) is 18.0 Å². The first-order valence-electron chi connectivity index (χ1n) is 6.56. The van der Waals surface area contributed by atoms with E-state index in [1.54, 1.807) is 23.9 Å². The van der Waals surface area contributed by atoms with Crippen LogP contribution in [0.3, 0.4) is 0 Å². The summed E-state index contributed by atoms with van der Waals surface area (Å²) < 4.78 is 6.95. The van der Waals surface area contributed by atoms with E-state index in [2.05, 4.69) is 10.4 Å². The fourth-order valence-electron chi connectivity index (χ4n) is 2.28. The number of carbonyl (C=O) groups is 1. The lowest BCUT2D eigenvalue weighted by Crippen LogP contribution is -2.11. The second-order valence-electron chi connectivity index (χ2n) is 4.68. The van der Waals surface area contributed by atoms with Gasteiger partial charge in [0.15, 0.2) is 0 Å². The lowest BCUT2D eigenvalue weighted by molar-refractivity contribution is 0.102. The van der Waals surface area contributed by atoms with Crippen LogP contribution >= 0.6 is 0 Å². The Morgan fingerprint density at radius 3 is 2.67 bits per heavy atom. The van der Waals surface area contributed by atoms with Crippen molar-refractivity contribution in [2.75, 3.05) is 12.4 Å². The number of carbonyl (C=O) groups excluding carboxylic acids is 1. The van der Waals surface area contributed by atoms with Crippen molar-refractivity contribution in [1.29, 1.82) is 0 Å². The maximum Gasteiger partial charge on any atom is 0.255 e. The first kappa shape index (κ1) is 13.2. The average molecular weight is 281 g/mol. The fraction of sp³-hybridized carbons (Fsp3) is 0.125. The molecule has 5 heteroatoms. The SMILES string of the molecule is COc1c2ccc(C(=O)Nc3ccccc3)cc2nn1C. The molecule has 3 aromatic rings. The normalized spacial score (nSPS) is 10.6. The zero-order valence-corrected chi connectivity index (χ0v) is 11.8. The van der Waals surface area contributed by atoms with E-state index in [0.717, 1.165) is 16.6 Å². The number of aryl methyl sites for hydroxylation is 1. The fourth-order valence-corrected chi connectivity index (χ4v) is 2.28. The highest BCUT2D eigenvalue weighted by molar-refractivity contribution is 6.06. The van der Waals surface area contributed by atoms with Gasteiger partial charge in [0.1, 0.15) is 0 Å². The molecule has 0 aliphatic heterocycles. The van der Waals surface area contributed by atoms with E-state index in [-0.39, 0.29) is 5.91 Å². The number of ether oxygens (including phenoxy) is 1. The largest absolute Gasteiger partial charge is 0.481 e. The third-order valence-corrected chi connectivity index (χ3v) is 3.27. The molecule has 0 atom stereocenters. The summed E-state index contributed by atoms with van der Waals surface area (Å²) in [4.78, 5) is 12.2. The molecule has 3 rings (SSSR count). The molecule has 1 N–H and O–H groups in total. The maximum atomic E-state index is 12.2. The maximum absolute atomic E-state index is 12.2. The molecule has 0 saturated heterocycles. The number of rotatable bonds is 3. The summed E-state index contributed by atoms with van der Waals surface area (Å²) in [5.74, 6) is 0.521. The van der Waals surface area contributed by atoms with Crippen molar-refractivity contribution in [2.24, 2.45) is 7.05 Å². The summed E-state index contributed by atoms with van der Waals surface area (Å²) in [5, 5.41) is 8.08. The highest BCUT2D eigenvalue weighted by atomic mass is 16.5. The number of hydrogen-bond donors (Lipinski definition) is 1. The van der Waals surface area contributed by atoms with Gasteiger partial charge in [0.2, 0.25) is 5.88 Å². The van der Waals surface area contributed by atoms with Crippen molar-refractivity contribution in [3.8, 4) is 5.88 Å². The van der Waals surface area contributed by atoms with Crippen molar-refractivity contribution in [1.82, 2.24) is 9.78 Å². The van der Waals surface area contributed by atoms with E-state index in [9.17, 15) is 4.79 Å². The summed E-state index contributed by atoms with van der Waals surface area (Å²) in [6.45, 7) is 0. The number of amides is 1. The smallest absolute Gasteiger partial charge is 0.255 e. The van der Waals surface area contributed by atoms with E-state index in [4.69, 9.17) is 4.74 Å². The van der Waals surface area contributed by atoms with Crippen molar-refractivity contribution >= 4 is 22.5 Å². The van der Waals surface area contributed by atoms with Crippen LogP contribution in [0.25, 0.3) is 10.9 Å². The molecule has 1 aromatic heterocycles. The summed E-state index contributed by atoms with van der Waals surface area (Å²) in [6.07, 6.45) is 0. The molecule has 0 radical (unpaired) electrons. The lowest BCUT2D eigenvalue weighted by atomic mass is 10.1. The van der Waals surface area contributed by atoms with Crippen LogP contribution in [0.15, 0.2) is 48.5 Å². The van der Waals surface area contributed by atoms with Crippen molar-refractivity contribution in [3.05, 3.63) is 54.1 Å². The molecular weight excluding hydrogens is 266 g/mol. The first-order chi connectivity index (χ1) is 10.2. The van der Waals surface area contributed by atoms with Gasteiger partial charge in [-0.1, -0.05) is 18.2 Å². The highest BCUT2D eigenvalue weighted by Crippen LogP contribution is 2.25. The molecule has 1 heterocycles. The second-order valence-corrected chi connectivity index (χ2v) is 4.68. The number of methoxy groups -OCH3 is 1. The predicted octanol–water partition coefficient (Wildman–Crippen LogP) is 2.83. The minimum Gasteiger partial charge on any atom is -0.481 e. The molecule has 5 nitrogen and oxygen atoms in total. The number of fused-ring (bicyclic) bond motifs is 1. The van der Waals surface area contributed by atoms with E-state index in [0.29, 0.717) is 11.4 Å². The van der Waals surface area contributed by atoms with Gasteiger partial charge in [-0.25, -0.2) is 4.68 Å². The van der Waals surface area contributed by atoms with Crippen LogP contribution in [0.5, 0.6) is 5.88 Å². The molecular formula is C16H15N3O2. The third kappa shape index (κ3) is 2.45. The standard InChI is InChI=1S/C16H15N3O2/c1-19-16(21-2)13-9-8-11(10-14(13)18-19)15(20)17-12-6-4-3-5-7-12/h3-10H,1-2H3,(H,17,20). The number of aromatic nitrogens is 2. The van der Waals surface area contributed by atoms with Crippen LogP contribution in [0.4, 0.5) is 5.69 Å². The van der Waals surface area contributed by atoms with Gasteiger partial charge in [-0.3, -0.25) is 4.79 Å². The zero-order valence-electron chi connectivity index (χ0n) is 11.8. The quantitative estimate of drug-likeness (QED) is 0.803. The van der Waals surface area contributed by atoms with Crippen molar-refractivity contribution < 1.29 is 9.53 Å². The number of benzene rings is 2. The van der Waals surface area contributed by atoms with Gasteiger partial charge >= 0.3 is 0 Å². The summed E-state index contributed by atoms with van der Waals surface area (Å²) >= 11 is 0. The van der Waals surface area contributed by atoms with Gasteiger partial charge in [-0.15, -0.1) is 0 Å². The van der Waals surface area contributed by atoms with E-state index in [1.807, 2.05) is 43.4 Å². The van der Waals surface area contributed by atoms with Gasteiger partial charge in [0.25, 0.3) is 5.91 Å². The Morgan fingerprint density at radius 1 is 1.19 bits per heavy atom. The Kier molecular flexibility index (Phi) is 3.31. The lowest BCUT2D eigenvalue weighted by Gasteiger charge is -2.05. The van der Waals surface area contributed by atoms with Crippen LogP contribution in [0.1, 0.15) is 10.4 Å². The summed E-state index contributed by atoms with van der Waals surface area (Å²) in [7, 11) is 3.41. The molecule has 0 unspecified atom stereocenters. The number of nitrogens with one attached hydrogen (secondary N) is 1. The van der Waals surface area contributed by atoms with E-state index in [1.165, 1.54) is 0 Å². The molecule has 0 aliphatic rings. The van der Waals surface area contributed by atoms with E-state index < -0.39 is 0 Å². The number of para-hydroxylation sites is 1. The molecule has 1 amide bonds. The van der Waals surface area contributed by atoms with Crippen LogP contribution in [0.2, 0.25) is 0 Å². The summed E-state index contributed by atoms with van der Waals surface area (Å²) in [5.41, 5.74) is 2.06. The minimum absolute atomic E-state index is 0.160. The molecule has 0 saturated carbocycles. The van der Waals surface area contributed by atoms with Crippen LogP contribution < -0.4 is 10.1 Å². The van der Waals surface area contributed by atoms with Crippen molar-refractivity contribution in [3.63, 3.8) is 0 Å². The molecule has 21 heavy (non-hydrogen) atoms. The Morgan fingerprint density at radius 2 is 1.95 bits per heavy atom. The molecule has 0 bridgehead atoms. The Bertz CT molecular complexity index is 794. The number of anilines is 1. The molecule has 106 valence electrons. The molecule has 0 spiro atoms. The van der Waals surface area contributed by atoms with Crippen molar-refractivity contribution in [2.45, 2.75) is 0 Å². The monoisotopic (exact) mass is 281 g/mol. The minimum atomic E-state index is -0.160. The Hall–Kier alpha value is -2.82. The second kappa shape index (κ2) is 5.28. The van der Waals surface area contributed by atoms with E-state index >= 15 is 0 Å². The number of nitrogens with zero attached hydrogens (tertiary/aromatic N) is 2. The molecule has 0 aliphatic carbocycles. The molecule has 2 aromatic carbocycles. The number of hydrogen-bond acceptors (Lipinski definition) is 3. The van der Waals surface area contributed by atoms with Gasteiger partial charge in [-0.05, 0) is 30.3 Å². The molecule has 0 fully saturated rings. The third-order valence-electron chi connectivity index (χ3n) is 3.27. The van der Waals surface area contributed by atoms with Crippen LogP contribution in [-0.2, 0) is 7.05 Å². The Labute approximate surface area is 122 Å². The summed E-state index contributed by atoms with van der Waals surface area (Å²) in [6, 6.07) is 14.7. The van der Waals surface area contributed by atoms with Crippen LogP contribution in [-0.4, -0.2) is 22.8 Å². The predicted molar refractivity (Wildman–Crippen MR) is 81.7 cm³/mol. The topological polar surface area (TPSA) is 56.1 Å². The average Bonchev–Trinajstić information content (AvgIpc) is 2.82. The first-order valence-corrected chi connectivity index (χ1v) is 6.56.